The first-order valence-corrected chi connectivity index (χ1v) is 7.01. The molecule has 0 saturated heterocycles. The fraction of sp³-hybridized carbons (Fsp3) is 0.333. The average molecular weight is 243 g/mol. The molecule has 1 aromatic rings. The molecule has 0 radical (unpaired) electrons. The Morgan fingerprint density at radius 2 is 2.33 bits per heavy atom. The summed E-state index contributed by atoms with van der Waals surface area (Å²) >= 11 is 1.27. The molecule has 4 nitrogen and oxygen atoms in total. The molecule has 1 unspecified atom stereocenters. The Kier molecular flexibility index (Phi) is 3.61. The van der Waals surface area contributed by atoms with Crippen LogP contribution in [0, 0.1) is 11.3 Å². The maximum atomic E-state index is 11.5. The third kappa shape index (κ3) is 3.46. The van der Waals surface area contributed by atoms with Crippen LogP contribution in [0.5, 0.6) is 0 Å². The van der Waals surface area contributed by atoms with Crippen LogP contribution in [0.3, 0.4) is 0 Å². The van der Waals surface area contributed by atoms with Crippen LogP contribution in [0.15, 0.2) is 17.5 Å². The van der Waals surface area contributed by atoms with E-state index in [1.54, 1.807) is 17.5 Å². The molecule has 0 bridgehead atoms. The smallest absolute Gasteiger partial charge is 0.170 e. The minimum Gasteiger partial charge on any atom is -0.297 e. The third-order valence-electron chi connectivity index (χ3n) is 1.68. The zero-order valence-corrected chi connectivity index (χ0v) is 9.64. The highest BCUT2D eigenvalue weighted by atomic mass is 32.2. The predicted molar refractivity (Wildman–Crippen MR) is 57.4 cm³/mol. The molecule has 6 heteroatoms. The molecule has 1 aromatic heterocycles. The van der Waals surface area contributed by atoms with Crippen molar-refractivity contribution in [2.24, 2.45) is 0 Å². The molecule has 0 aliphatic heterocycles. The summed E-state index contributed by atoms with van der Waals surface area (Å²) < 4.78 is 21.8. The van der Waals surface area contributed by atoms with E-state index in [1.807, 2.05) is 6.07 Å². The van der Waals surface area contributed by atoms with Crippen LogP contribution in [0.2, 0.25) is 0 Å². The van der Waals surface area contributed by atoms with E-state index in [4.69, 9.17) is 5.26 Å². The van der Waals surface area contributed by atoms with E-state index in [-0.39, 0.29) is 0 Å². The summed E-state index contributed by atoms with van der Waals surface area (Å²) in [5.74, 6) is -2.11. The van der Waals surface area contributed by atoms with Gasteiger partial charge in [-0.2, -0.15) is 5.26 Å². The van der Waals surface area contributed by atoms with Gasteiger partial charge in [0, 0.05) is 11.1 Å². The summed E-state index contributed by atoms with van der Waals surface area (Å²) in [6.07, 6.45) is 0.980. The van der Waals surface area contributed by atoms with Crippen molar-refractivity contribution in [2.75, 3.05) is 12.0 Å². The normalized spacial score (nSPS) is 13.1. The molecule has 0 amide bonds. The van der Waals surface area contributed by atoms with Crippen molar-refractivity contribution in [3.8, 4) is 6.07 Å². The summed E-state index contributed by atoms with van der Waals surface area (Å²) in [6, 6.07) is 5.20. The predicted octanol–water partition coefficient (Wildman–Crippen LogP) is 0.969. The van der Waals surface area contributed by atoms with Gasteiger partial charge in [-0.15, -0.1) is 11.3 Å². The minimum atomic E-state index is -3.37. The maximum Gasteiger partial charge on any atom is 0.170 e. The SMILES string of the molecule is CS(=O)(=O)CC(=O)C(C#N)c1cccs1. The summed E-state index contributed by atoms with van der Waals surface area (Å²) in [4.78, 5) is 12.1. The number of sulfone groups is 1. The molecule has 1 atom stereocenters. The van der Waals surface area contributed by atoms with E-state index in [0.29, 0.717) is 4.88 Å². The van der Waals surface area contributed by atoms with Crippen molar-refractivity contribution in [2.45, 2.75) is 5.92 Å². The van der Waals surface area contributed by atoms with Gasteiger partial charge in [0.15, 0.2) is 15.6 Å². The zero-order chi connectivity index (χ0) is 11.5. The van der Waals surface area contributed by atoms with E-state index in [2.05, 4.69) is 0 Å². The van der Waals surface area contributed by atoms with E-state index >= 15 is 0 Å². The molecule has 15 heavy (non-hydrogen) atoms. The van der Waals surface area contributed by atoms with Crippen molar-refractivity contribution in [3.05, 3.63) is 22.4 Å². The van der Waals surface area contributed by atoms with Gasteiger partial charge >= 0.3 is 0 Å². The Labute approximate surface area is 92.1 Å². The molecule has 0 fully saturated rings. The Morgan fingerprint density at radius 3 is 2.73 bits per heavy atom. The third-order valence-corrected chi connectivity index (χ3v) is 3.43. The monoisotopic (exact) mass is 243 g/mol. The molecule has 0 spiro atoms. The lowest BCUT2D eigenvalue weighted by Gasteiger charge is -2.03. The first kappa shape index (κ1) is 11.9. The van der Waals surface area contributed by atoms with Crippen molar-refractivity contribution in [3.63, 3.8) is 0 Å². The number of nitrogens with zero attached hydrogens (tertiary/aromatic N) is 1. The lowest BCUT2D eigenvalue weighted by Crippen LogP contribution is -2.20. The number of hydrogen-bond acceptors (Lipinski definition) is 5. The Bertz CT molecular complexity index is 482. The highest BCUT2D eigenvalue weighted by molar-refractivity contribution is 7.91. The number of nitriles is 1. The molecule has 80 valence electrons. The lowest BCUT2D eigenvalue weighted by atomic mass is 10.1. The van der Waals surface area contributed by atoms with Gasteiger partial charge in [0.25, 0.3) is 0 Å². The Morgan fingerprint density at radius 1 is 1.67 bits per heavy atom. The zero-order valence-electron chi connectivity index (χ0n) is 8.00. The number of carbonyl (C=O) groups excluding carboxylic acids is 1. The van der Waals surface area contributed by atoms with Crippen molar-refractivity contribution < 1.29 is 13.2 Å². The molecular weight excluding hydrogens is 234 g/mol. The Balaban J connectivity index is 2.87. The van der Waals surface area contributed by atoms with Gasteiger partial charge in [-0.3, -0.25) is 4.79 Å². The van der Waals surface area contributed by atoms with Crippen LogP contribution in [0.1, 0.15) is 10.8 Å². The Hall–Kier alpha value is -1.19. The summed E-state index contributed by atoms with van der Waals surface area (Å²) in [5.41, 5.74) is 0. The van der Waals surface area contributed by atoms with Gasteiger partial charge in [0.2, 0.25) is 0 Å². The minimum absolute atomic E-state index is 0.567. The topological polar surface area (TPSA) is 75.0 Å². The number of thiophene rings is 1. The first-order chi connectivity index (χ1) is 6.94. The van der Waals surface area contributed by atoms with Gasteiger partial charge in [0.05, 0.1) is 6.07 Å². The summed E-state index contributed by atoms with van der Waals surface area (Å²) in [7, 11) is -3.37. The van der Waals surface area contributed by atoms with Gasteiger partial charge in [0.1, 0.15) is 11.7 Å². The highest BCUT2D eigenvalue weighted by Gasteiger charge is 2.24. The van der Waals surface area contributed by atoms with Crippen LogP contribution in [0.25, 0.3) is 0 Å². The van der Waals surface area contributed by atoms with Crippen LogP contribution in [-0.2, 0) is 14.6 Å². The molecule has 0 saturated carbocycles. The number of rotatable bonds is 4. The van der Waals surface area contributed by atoms with Gasteiger partial charge < -0.3 is 0 Å². The van der Waals surface area contributed by atoms with Crippen molar-refractivity contribution in [1.29, 1.82) is 5.26 Å². The second-order valence-electron chi connectivity index (χ2n) is 3.11. The number of Topliss-reactive ketones (excluding diaryl/α,β-unsaturated/α-hetero) is 1. The van der Waals surface area contributed by atoms with E-state index < -0.39 is 27.3 Å². The first-order valence-electron chi connectivity index (χ1n) is 4.07. The molecule has 1 heterocycles. The fourth-order valence-corrected chi connectivity index (χ4v) is 2.57. The van der Waals surface area contributed by atoms with E-state index in [1.165, 1.54) is 11.3 Å². The fourth-order valence-electron chi connectivity index (χ4n) is 1.09. The second kappa shape index (κ2) is 4.55. The highest BCUT2D eigenvalue weighted by Crippen LogP contribution is 2.21. The molecule has 0 aliphatic carbocycles. The lowest BCUT2D eigenvalue weighted by molar-refractivity contribution is -0.116. The molecule has 0 aromatic carbocycles. The van der Waals surface area contributed by atoms with Crippen LogP contribution < -0.4 is 0 Å². The van der Waals surface area contributed by atoms with Crippen LogP contribution in [0.4, 0.5) is 0 Å². The average Bonchev–Trinajstić information content (AvgIpc) is 2.54. The number of hydrogen-bond donors (Lipinski definition) is 0. The molecular formula is C9H9NO3S2. The van der Waals surface area contributed by atoms with E-state index in [0.717, 1.165) is 6.26 Å². The summed E-state index contributed by atoms with van der Waals surface area (Å²) in [6.45, 7) is 0. The molecule has 0 N–H and O–H groups in total. The van der Waals surface area contributed by atoms with Gasteiger partial charge in [-0.05, 0) is 11.4 Å². The number of ketones is 1. The summed E-state index contributed by atoms with van der Waals surface area (Å²) in [5, 5.41) is 10.5. The van der Waals surface area contributed by atoms with Crippen molar-refractivity contribution >= 4 is 27.0 Å². The molecule has 1 rings (SSSR count). The molecule has 0 aliphatic rings. The van der Waals surface area contributed by atoms with E-state index in [9.17, 15) is 13.2 Å². The van der Waals surface area contributed by atoms with Crippen molar-refractivity contribution in [1.82, 2.24) is 0 Å². The standard InChI is InChI=1S/C9H9NO3S2/c1-15(12,13)6-8(11)7(5-10)9-3-2-4-14-9/h2-4,7H,6H2,1H3. The number of carbonyl (C=O) groups is 1. The van der Waals surface area contributed by atoms with Gasteiger partial charge in [-0.25, -0.2) is 8.42 Å². The van der Waals surface area contributed by atoms with Crippen LogP contribution in [-0.4, -0.2) is 26.2 Å². The van der Waals surface area contributed by atoms with Crippen LogP contribution >= 0.6 is 11.3 Å². The van der Waals surface area contributed by atoms with Gasteiger partial charge in [-0.1, -0.05) is 6.07 Å². The maximum absolute atomic E-state index is 11.5. The quantitative estimate of drug-likeness (QED) is 0.789. The second-order valence-corrected chi connectivity index (χ2v) is 6.23. The largest absolute Gasteiger partial charge is 0.297 e.